The van der Waals surface area contributed by atoms with E-state index < -0.39 is 21.8 Å². The summed E-state index contributed by atoms with van der Waals surface area (Å²) in [6.45, 7) is 0.542. The zero-order valence-electron chi connectivity index (χ0n) is 14.0. The molecule has 2 N–H and O–H groups in total. The third-order valence-electron chi connectivity index (χ3n) is 3.88. The zero-order valence-corrected chi connectivity index (χ0v) is 15.6. The fourth-order valence-electron chi connectivity index (χ4n) is 2.44. The third-order valence-corrected chi connectivity index (χ3v) is 5.44. The van der Waals surface area contributed by atoms with Gasteiger partial charge in [0, 0.05) is 11.6 Å². The Morgan fingerprint density at radius 1 is 1.15 bits per heavy atom. The predicted molar refractivity (Wildman–Crippen MR) is 95.8 cm³/mol. The number of nitrogens with zero attached hydrogens (tertiary/aromatic N) is 1. The molecule has 1 unspecified atom stereocenters. The van der Waals surface area contributed by atoms with Crippen LogP contribution in [0.25, 0.3) is 0 Å². The van der Waals surface area contributed by atoms with E-state index in [-0.39, 0.29) is 16.7 Å². The number of carbonyl (C=O) groups excluding carboxylic acids is 1. The van der Waals surface area contributed by atoms with Crippen molar-refractivity contribution in [2.24, 2.45) is 5.92 Å². The Hall–Kier alpha value is -2.17. The Kier molecular flexibility index (Phi) is 5.98. The van der Waals surface area contributed by atoms with Crippen molar-refractivity contribution in [3.63, 3.8) is 0 Å². The number of rotatable bonds is 6. The lowest BCUT2D eigenvalue weighted by Gasteiger charge is -2.18. The van der Waals surface area contributed by atoms with Crippen molar-refractivity contribution in [3.8, 4) is 11.5 Å². The summed E-state index contributed by atoms with van der Waals surface area (Å²) in [6.07, 6.45) is 0.425. The molecule has 1 fully saturated rings. The van der Waals surface area contributed by atoms with E-state index in [0.29, 0.717) is 29.5 Å². The molecule has 2 aromatic rings. The van der Waals surface area contributed by atoms with Gasteiger partial charge in [0.1, 0.15) is 11.5 Å². The second-order valence-electron chi connectivity index (χ2n) is 5.83. The summed E-state index contributed by atoms with van der Waals surface area (Å²) in [5.74, 6) is -0.387. The van der Waals surface area contributed by atoms with Gasteiger partial charge in [0.15, 0.2) is 0 Å². The molecule has 0 aromatic heterocycles. The van der Waals surface area contributed by atoms with Crippen LogP contribution in [0.3, 0.4) is 0 Å². The molecule has 1 aliphatic rings. The maximum Gasteiger partial charge on any atom is 0.267 e. The smallest absolute Gasteiger partial charge is 0.267 e. The van der Waals surface area contributed by atoms with Crippen LogP contribution < -0.4 is 9.57 Å². The number of carbonyl (C=O) groups is 1. The molecule has 8 nitrogen and oxygen atoms in total. The number of hydrogen-bond donors (Lipinski definition) is 2. The van der Waals surface area contributed by atoms with Gasteiger partial charge in [0.25, 0.3) is 15.9 Å². The highest BCUT2D eigenvalue weighted by atomic mass is 35.5. The first-order chi connectivity index (χ1) is 12.8. The molecular weight excluding hydrogens is 396 g/mol. The number of ether oxygens (including phenoxy) is 2. The van der Waals surface area contributed by atoms with Gasteiger partial charge in [-0.2, -0.15) is 0 Å². The minimum Gasteiger partial charge on any atom is -0.457 e. The molecule has 2 aromatic carbocycles. The van der Waals surface area contributed by atoms with E-state index in [9.17, 15) is 18.4 Å². The van der Waals surface area contributed by atoms with Crippen molar-refractivity contribution in [2.45, 2.75) is 11.3 Å². The fraction of sp³-hybridized carbons (Fsp3) is 0.235. The topological polar surface area (TPSA) is 105 Å². The quantitative estimate of drug-likeness (QED) is 0.558. The van der Waals surface area contributed by atoms with Gasteiger partial charge in [-0.15, -0.1) is 5.17 Å². The number of sulfonamides is 1. The van der Waals surface area contributed by atoms with Crippen LogP contribution in [-0.4, -0.2) is 37.9 Å². The van der Waals surface area contributed by atoms with E-state index in [4.69, 9.17) is 21.1 Å². The van der Waals surface area contributed by atoms with Gasteiger partial charge in [0.2, 0.25) is 0 Å². The lowest BCUT2D eigenvalue weighted by Crippen LogP contribution is -2.46. The molecule has 3 rings (SSSR count). The number of hydrazine groups is 1. The minimum absolute atomic E-state index is 0.00714. The SMILES string of the molecule is O=C(C1CCOC1)N(O)NS(=O)(=O)c1ccc(Oc2ccc(Cl)cc2)cc1. The van der Waals surface area contributed by atoms with Gasteiger partial charge >= 0.3 is 0 Å². The molecule has 1 atom stereocenters. The van der Waals surface area contributed by atoms with Crippen molar-refractivity contribution in [2.75, 3.05) is 13.2 Å². The second kappa shape index (κ2) is 8.24. The van der Waals surface area contributed by atoms with Crippen molar-refractivity contribution < 1.29 is 27.9 Å². The van der Waals surface area contributed by atoms with Crippen molar-refractivity contribution >= 4 is 27.5 Å². The summed E-state index contributed by atoms with van der Waals surface area (Å²) in [5, 5.41) is 10.3. The second-order valence-corrected chi connectivity index (χ2v) is 7.93. The number of amides is 1. The first-order valence-corrected chi connectivity index (χ1v) is 9.88. The maximum atomic E-state index is 12.3. The zero-order chi connectivity index (χ0) is 19.4. The molecule has 0 saturated carbocycles. The third kappa shape index (κ3) is 4.96. The molecule has 0 bridgehead atoms. The number of hydroxylamine groups is 1. The van der Waals surface area contributed by atoms with Crippen LogP contribution in [0.5, 0.6) is 11.5 Å². The van der Waals surface area contributed by atoms with E-state index in [1.165, 1.54) is 24.3 Å². The first-order valence-electron chi connectivity index (χ1n) is 8.02. The van der Waals surface area contributed by atoms with Crippen LogP contribution in [0.1, 0.15) is 6.42 Å². The average molecular weight is 413 g/mol. The number of nitrogens with one attached hydrogen (secondary N) is 1. The molecule has 1 heterocycles. The maximum absolute atomic E-state index is 12.3. The Morgan fingerprint density at radius 3 is 2.30 bits per heavy atom. The average Bonchev–Trinajstić information content (AvgIpc) is 3.18. The van der Waals surface area contributed by atoms with Crippen LogP contribution in [0.2, 0.25) is 5.02 Å². The highest BCUT2D eigenvalue weighted by Crippen LogP contribution is 2.24. The van der Waals surface area contributed by atoms with Crippen molar-refractivity contribution in [3.05, 3.63) is 53.6 Å². The molecule has 0 spiro atoms. The van der Waals surface area contributed by atoms with E-state index in [0.717, 1.165) is 0 Å². The van der Waals surface area contributed by atoms with E-state index in [1.54, 1.807) is 24.3 Å². The lowest BCUT2D eigenvalue weighted by atomic mass is 10.1. The van der Waals surface area contributed by atoms with Crippen LogP contribution in [0, 0.1) is 5.92 Å². The van der Waals surface area contributed by atoms with E-state index >= 15 is 0 Å². The van der Waals surface area contributed by atoms with Crippen LogP contribution in [0.4, 0.5) is 0 Å². The summed E-state index contributed by atoms with van der Waals surface area (Å²) in [6, 6.07) is 12.2. The molecule has 0 aliphatic carbocycles. The summed E-state index contributed by atoms with van der Waals surface area (Å²) in [7, 11) is -4.14. The van der Waals surface area contributed by atoms with E-state index in [1.807, 2.05) is 4.83 Å². The van der Waals surface area contributed by atoms with Gasteiger partial charge in [-0.3, -0.25) is 10.0 Å². The van der Waals surface area contributed by atoms with Gasteiger partial charge < -0.3 is 9.47 Å². The summed E-state index contributed by atoms with van der Waals surface area (Å²) < 4.78 is 35.3. The minimum atomic E-state index is -4.14. The highest BCUT2D eigenvalue weighted by Gasteiger charge is 2.30. The van der Waals surface area contributed by atoms with Gasteiger partial charge in [-0.1, -0.05) is 16.4 Å². The van der Waals surface area contributed by atoms with Crippen LogP contribution in [0.15, 0.2) is 53.4 Å². The monoisotopic (exact) mass is 412 g/mol. The summed E-state index contributed by atoms with van der Waals surface area (Å²) in [4.78, 5) is 13.7. The molecule has 1 saturated heterocycles. The fourth-order valence-corrected chi connectivity index (χ4v) is 3.48. The largest absolute Gasteiger partial charge is 0.457 e. The molecular formula is C17H17ClN2O6S. The van der Waals surface area contributed by atoms with E-state index in [2.05, 4.69) is 0 Å². The Morgan fingerprint density at radius 2 is 1.74 bits per heavy atom. The Labute approximate surface area is 161 Å². The normalized spacial score (nSPS) is 16.9. The molecule has 27 heavy (non-hydrogen) atoms. The van der Waals surface area contributed by atoms with Gasteiger partial charge in [0.05, 0.1) is 17.4 Å². The predicted octanol–water partition coefficient (Wildman–Crippen LogP) is 2.58. The summed E-state index contributed by atoms with van der Waals surface area (Å²) in [5.41, 5.74) is 0. The van der Waals surface area contributed by atoms with Gasteiger partial charge in [-0.05, 0) is 55.0 Å². The van der Waals surface area contributed by atoms with Crippen LogP contribution >= 0.6 is 11.6 Å². The first kappa shape index (κ1) is 19.6. The molecule has 1 aliphatic heterocycles. The van der Waals surface area contributed by atoms with Gasteiger partial charge in [-0.25, -0.2) is 8.42 Å². The molecule has 1 amide bonds. The number of halogens is 1. The standard InChI is InChI=1S/C17H17ClN2O6S/c18-13-1-3-14(4-2-13)26-15-5-7-16(8-6-15)27(23,24)19-20(22)17(21)12-9-10-25-11-12/h1-8,12,19,22H,9-11H2. The Bertz CT molecular complexity index is 896. The molecule has 10 heteroatoms. The molecule has 0 radical (unpaired) electrons. The van der Waals surface area contributed by atoms with Crippen LogP contribution in [-0.2, 0) is 19.6 Å². The lowest BCUT2D eigenvalue weighted by molar-refractivity contribution is -0.177. The summed E-state index contributed by atoms with van der Waals surface area (Å²) >= 11 is 5.81. The number of benzene rings is 2. The van der Waals surface area contributed by atoms with Crippen molar-refractivity contribution in [1.82, 2.24) is 10.0 Å². The van der Waals surface area contributed by atoms with Crippen molar-refractivity contribution in [1.29, 1.82) is 0 Å². The molecule has 144 valence electrons. The Balaban J connectivity index is 1.65. The highest BCUT2D eigenvalue weighted by molar-refractivity contribution is 7.89. The number of hydrogen-bond acceptors (Lipinski definition) is 6.